The van der Waals surface area contributed by atoms with E-state index in [1.807, 2.05) is 6.07 Å². The molecule has 18 heavy (non-hydrogen) atoms. The van der Waals surface area contributed by atoms with Crippen molar-refractivity contribution in [3.05, 3.63) is 12.4 Å². The lowest BCUT2D eigenvalue weighted by atomic mass is 10.2. The molecule has 1 fully saturated rings. The van der Waals surface area contributed by atoms with E-state index in [9.17, 15) is 0 Å². The SMILES string of the molecule is CCCNc1cc(NC2CCC(OC)C2)ncn1. The van der Waals surface area contributed by atoms with Gasteiger partial charge >= 0.3 is 0 Å². The van der Waals surface area contributed by atoms with E-state index in [2.05, 4.69) is 27.5 Å². The van der Waals surface area contributed by atoms with Gasteiger partial charge in [0.15, 0.2) is 0 Å². The molecule has 100 valence electrons. The summed E-state index contributed by atoms with van der Waals surface area (Å²) in [6.07, 6.45) is 6.40. The van der Waals surface area contributed by atoms with Crippen LogP contribution in [0.3, 0.4) is 0 Å². The number of ether oxygens (including phenoxy) is 1. The first-order valence-corrected chi connectivity index (χ1v) is 6.67. The molecule has 1 aliphatic carbocycles. The van der Waals surface area contributed by atoms with E-state index in [0.29, 0.717) is 12.1 Å². The average Bonchev–Trinajstić information content (AvgIpc) is 2.84. The van der Waals surface area contributed by atoms with Gasteiger partial charge in [0, 0.05) is 25.8 Å². The zero-order chi connectivity index (χ0) is 12.8. The summed E-state index contributed by atoms with van der Waals surface area (Å²) in [4.78, 5) is 8.45. The van der Waals surface area contributed by atoms with Crippen LogP contribution < -0.4 is 10.6 Å². The van der Waals surface area contributed by atoms with Gasteiger partial charge in [-0.1, -0.05) is 6.92 Å². The van der Waals surface area contributed by atoms with E-state index in [0.717, 1.165) is 43.9 Å². The van der Waals surface area contributed by atoms with E-state index < -0.39 is 0 Å². The third-order valence-corrected chi connectivity index (χ3v) is 3.29. The van der Waals surface area contributed by atoms with Gasteiger partial charge in [-0.25, -0.2) is 9.97 Å². The maximum absolute atomic E-state index is 5.37. The summed E-state index contributed by atoms with van der Waals surface area (Å²) in [5, 5.41) is 6.71. The Balaban J connectivity index is 1.89. The number of anilines is 2. The zero-order valence-electron chi connectivity index (χ0n) is 11.1. The molecule has 2 N–H and O–H groups in total. The first kappa shape index (κ1) is 13.1. The van der Waals surface area contributed by atoms with Gasteiger partial charge in [-0.05, 0) is 25.7 Å². The molecule has 0 radical (unpaired) electrons. The Morgan fingerprint density at radius 3 is 2.89 bits per heavy atom. The Bertz CT molecular complexity index is 372. The zero-order valence-corrected chi connectivity index (χ0v) is 11.1. The van der Waals surface area contributed by atoms with Crippen LogP contribution in [0.15, 0.2) is 12.4 Å². The van der Waals surface area contributed by atoms with Crippen molar-refractivity contribution < 1.29 is 4.74 Å². The van der Waals surface area contributed by atoms with Crippen molar-refractivity contribution in [1.29, 1.82) is 0 Å². The molecule has 2 rings (SSSR count). The summed E-state index contributed by atoms with van der Waals surface area (Å²) < 4.78 is 5.37. The van der Waals surface area contributed by atoms with Gasteiger partial charge in [0.25, 0.3) is 0 Å². The Kier molecular flexibility index (Phi) is 4.75. The lowest BCUT2D eigenvalue weighted by molar-refractivity contribution is 0.108. The van der Waals surface area contributed by atoms with Crippen molar-refractivity contribution in [3.63, 3.8) is 0 Å². The fraction of sp³-hybridized carbons (Fsp3) is 0.692. The molecular weight excluding hydrogens is 228 g/mol. The molecule has 5 heteroatoms. The molecular formula is C13H22N4O. The minimum Gasteiger partial charge on any atom is -0.381 e. The van der Waals surface area contributed by atoms with Gasteiger partial charge in [0.2, 0.25) is 0 Å². The van der Waals surface area contributed by atoms with E-state index in [-0.39, 0.29) is 0 Å². The van der Waals surface area contributed by atoms with E-state index >= 15 is 0 Å². The number of nitrogens with one attached hydrogen (secondary N) is 2. The van der Waals surface area contributed by atoms with Gasteiger partial charge in [-0.2, -0.15) is 0 Å². The Hall–Kier alpha value is -1.36. The van der Waals surface area contributed by atoms with E-state index in [1.165, 1.54) is 0 Å². The van der Waals surface area contributed by atoms with Crippen LogP contribution in [-0.2, 0) is 4.74 Å². The lowest BCUT2D eigenvalue weighted by Gasteiger charge is -2.14. The summed E-state index contributed by atoms with van der Waals surface area (Å²) >= 11 is 0. The second-order valence-corrected chi connectivity index (χ2v) is 4.73. The fourth-order valence-electron chi connectivity index (χ4n) is 2.28. The highest BCUT2D eigenvalue weighted by Gasteiger charge is 2.24. The van der Waals surface area contributed by atoms with Crippen molar-refractivity contribution in [1.82, 2.24) is 9.97 Å². The first-order valence-electron chi connectivity index (χ1n) is 6.67. The summed E-state index contributed by atoms with van der Waals surface area (Å²) in [6, 6.07) is 2.43. The maximum atomic E-state index is 5.37. The smallest absolute Gasteiger partial charge is 0.131 e. The minimum absolute atomic E-state index is 0.391. The predicted molar refractivity (Wildman–Crippen MR) is 72.9 cm³/mol. The Morgan fingerprint density at radius 1 is 1.33 bits per heavy atom. The quantitative estimate of drug-likeness (QED) is 0.811. The molecule has 0 aliphatic heterocycles. The summed E-state index contributed by atoms with van der Waals surface area (Å²) in [6.45, 7) is 3.07. The van der Waals surface area contributed by atoms with E-state index in [1.54, 1.807) is 13.4 Å². The molecule has 2 atom stereocenters. The topological polar surface area (TPSA) is 59.1 Å². The fourth-order valence-corrected chi connectivity index (χ4v) is 2.28. The van der Waals surface area contributed by atoms with Crippen LogP contribution in [0.4, 0.5) is 11.6 Å². The highest BCUT2D eigenvalue weighted by atomic mass is 16.5. The molecule has 0 spiro atoms. The molecule has 5 nitrogen and oxygen atoms in total. The first-order chi connectivity index (χ1) is 8.81. The van der Waals surface area contributed by atoms with Crippen LogP contribution in [0.25, 0.3) is 0 Å². The second-order valence-electron chi connectivity index (χ2n) is 4.73. The third kappa shape index (κ3) is 3.57. The van der Waals surface area contributed by atoms with Crippen LogP contribution in [0.5, 0.6) is 0 Å². The normalized spacial score (nSPS) is 23.0. The molecule has 2 unspecified atom stereocenters. The monoisotopic (exact) mass is 250 g/mol. The highest BCUT2D eigenvalue weighted by molar-refractivity contribution is 5.47. The van der Waals surface area contributed by atoms with Crippen LogP contribution in [0, 0.1) is 0 Å². The predicted octanol–water partition coefficient (Wildman–Crippen LogP) is 2.28. The lowest BCUT2D eigenvalue weighted by Crippen LogP contribution is -2.18. The molecule has 1 aliphatic rings. The molecule has 0 bridgehead atoms. The second kappa shape index (κ2) is 6.54. The van der Waals surface area contributed by atoms with Crippen molar-refractivity contribution >= 4 is 11.6 Å². The van der Waals surface area contributed by atoms with Crippen LogP contribution in [0.2, 0.25) is 0 Å². The average molecular weight is 250 g/mol. The molecule has 0 amide bonds. The molecule has 1 saturated carbocycles. The molecule has 1 aromatic heterocycles. The van der Waals surface area contributed by atoms with Crippen molar-refractivity contribution in [2.45, 2.75) is 44.8 Å². The number of rotatable bonds is 6. The van der Waals surface area contributed by atoms with Gasteiger partial charge in [0.1, 0.15) is 18.0 Å². The Morgan fingerprint density at radius 2 is 2.17 bits per heavy atom. The number of methoxy groups -OCH3 is 1. The van der Waals surface area contributed by atoms with Crippen LogP contribution >= 0.6 is 0 Å². The standard InChI is InChI=1S/C13H22N4O/c1-3-6-14-12-8-13(16-9-15-12)17-10-4-5-11(7-10)18-2/h8-11H,3-7H2,1-2H3,(H2,14,15,16,17). The van der Waals surface area contributed by atoms with Gasteiger partial charge < -0.3 is 15.4 Å². The van der Waals surface area contributed by atoms with Crippen molar-refractivity contribution in [3.8, 4) is 0 Å². The molecule has 0 saturated heterocycles. The van der Waals surface area contributed by atoms with Crippen molar-refractivity contribution in [2.75, 3.05) is 24.3 Å². The summed E-state index contributed by atoms with van der Waals surface area (Å²) in [5.74, 6) is 1.78. The van der Waals surface area contributed by atoms with Crippen LogP contribution in [-0.4, -0.2) is 35.8 Å². The third-order valence-electron chi connectivity index (χ3n) is 3.29. The number of hydrogen-bond acceptors (Lipinski definition) is 5. The van der Waals surface area contributed by atoms with E-state index in [4.69, 9.17) is 4.74 Å². The number of hydrogen-bond donors (Lipinski definition) is 2. The minimum atomic E-state index is 0.391. The summed E-state index contributed by atoms with van der Waals surface area (Å²) in [7, 11) is 1.78. The molecule has 1 heterocycles. The van der Waals surface area contributed by atoms with Crippen molar-refractivity contribution in [2.24, 2.45) is 0 Å². The van der Waals surface area contributed by atoms with Gasteiger partial charge in [-0.15, -0.1) is 0 Å². The van der Waals surface area contributed by atoms with Gasteiger partial charge in [0.05, 0.1) is 6.10 Å². The summed E-state index contributed by atoms with van der Waals surface area (Å²) in [5.41, 5.74) is 0. The molecule has 0 aromatic carbocycles. The number of nitrogens with zero attached hydrogens (tertiary/aromatic N) is 2. The largest absolute Gasteiger partial charge is 0.381 e. The number of aromatic nitrogens is 2. The Labute approximate surface area is 108 Å². The molecule has 1 aromatic rings. The maximum Gasteiger partial charge on any atom is 0.131 e. The van der Waals surface area contributed by atoms with Crippen LogP contribution in [0.1, 0.15) is 32.6 Å². The highest BCUT2D eigenvalue weighted by Crippen LogP contribution is 2.24. The van der Waals surface area contributed by atoms with Gasteiger partial charge in [-0.3, -0.25) is 0 Å².